The summed E-state index contributed by atoms with van der Waals surface area (Å²) in [4.78, 5) is 14.0. The average Bonchev–Trinajstić information content (AvgIpc) is 2.36. The molecule has 0 saturated heterocycles. The second-order valence-electron chi connectivity index (χ2n) is 3.86. The predicted molar refractivity (Wildman–Crippen MR) is 68.4 cm³/mol. The summed E-state index contributed by atoms with van der Waals surface area (Å²) < 4.78 is 5.42. The van der Waals surface area contributed by atoms with E-state index in [4.69, 9.17) is 10.3 Å². The van der Waals surface area contributed by atoms with Gasteiger partial charge in [-0.3, -0.25) is 4.79 Å². The lowest BCUT2D eigenvalue weighted by Crippen LogP contribution is -2.30. The van der Waals surface area contributed by atoms with Crippen molar-refractivity contribution in [3.63, 3.8) is 0 Å². The molecule has 0 fully saturated rings. The van der Waals surface area contributed by atoms with Crippen LogP contribution in [0.4, 0.5) is 0 Å². The lowest BCUT2D eigenvalue weighted by atomic mass is 10.1. The SMILES string of the molecule is Cc1ccc(C)c(OCC(=O)NCCN=[N+]=[N-])c1. The monoisotopic (exact) mass is 248 g/mol. The number of nitrogens with one attached hydrogen (secondary N) is 1. The fourth-order valence-electron chi connectivity index (χ4n) is 1.35. The number of azide groups is 1. The average molecular weight is 248 g/mol. The van der Waals surface area contributed by atoms with E-state index in [1.807, 2.05) is 32.0 Å². The van der Waals surface area contributed by atoms with E-state index in [1.165, 1.54) is 0 Å². The molecule has 0 radical (unpaired) electrons. The fourth-order valence-corrected chi connectivity index (χ4v) is 1.35. The standard InChI is InChI=1S/C12H16N4O2/c1-9-3-4-10(2)11(7-9)18-8-12(17)14-5-6-15-16-13/h3-4,7H,5-6,8H2,1-2H3,(H,14,17). The van der Waals surface area contributed by atoms with Gasteiger partial charge < -0.3 is 10.1 Å². The van der Waals surface area contributed by atoms with Crippen LogP contribution in [0, 0.1) is 13.8 Å². The Labute approximate surface area is 106 Å². The van der Waals surface area contributed by atoms with Crippen LogP contribution in [0.3, 0.4) is 0 Å². The summed E-state index contributed by atoms with van der Waals surface area (Å²) in [6.07, 6.45) is 0. The molecule has 0 spiro atoms. The van der Waals surface area contributed by atoms with Crippen molar-refractivity contribution in [3.05, 3.63) is 39.8 Å². The van der Waals surface area contributed by atoms with Crippen molar-refractivity contribution in [1.82, 2.24) is 5.32 Å². The molecule has 96 valence electrons. The Balaban J connectivity index is 2.37. The largest absolute Gasteiger partial charge is 0.483 e. The van der Waals surface area contributed by atoms with Gasteiger partial charge in [-0.15, -0.1) is 0 Å². The van der Waals surface area contributed by atoms with Crippen LogP contribution in [0.5, 0.6) is 5.75 Å². The van der Waals surface area contributed by atoms with E-state index in [9.17, 15) is 4.79 Å². The summed E-state index contributed by atoms with van der Waals surface area (Å²) in [5.41, 5.74) is 10.1. The van der Waals surface area contributed by atoms with Crippen LogP contribution in [0.15, 0.2) is 23.3 Å². The molecule has 0 bridgehead atoms. The van der Waals surface area contributed by atoms with Crippen molar-refractivity contribution in [1.29, 1.82) is 0 Å². The first-order valence-corrected chi connectivity index (χ1v) is 5.61. The molecule has 0 atom stereocenters. The molecule has 0 aliphatic carbocycles. The molecular weight excluding hydrogens is 232 g/mol. The second kappa shape index (κ2) is 7.19. The third kappa shape index (κ3) is 4.76. The van der Waals surface area contributed by atoms with Gasteiger partial charge in [-0.05, 0) is 36.6 Å². The topological polar surface area (TPSA) is 87.1 Å². The van der Waals surface area contributed by atoms with Gasteiger partial charge in [-0.1, -0.05) is 17.2 Å². The minimum atomic E-state index is -0.232. The van der Waals surface area contributed by atoms with Crippen molar-refractivity contribution in [2.75, 3.05) is 19.7 Å². The zero-order chi connectivity index (χ0) is 13.4. The van der Waals surface area contributed by atoms with Crippen molar-refractivity contribution in [3.8, 4) is 5.75 Å². The summed E-state index contributed by atoms with van der Waals surface area (Å²) >= 11 is 0. The molecule has 0 unspecified atom stereocenters. The molecule has 1 aromatic carbocycles. The van der Waals surface area contributed by atoms with Gasteiger partial charge >= 0.3 is 0 Å². The first-order chi connectivity index (χ1) is 8.63. The van der Waals surface area contributed by atoms with E-state index in [0.717, 1.165) is 11.1 Å². The highest BCUT2D eigenvalue weighted by atomic mass is 16.5. The summed E-state index contributed by atoms with van der Waals surface area (Å²) in [5, 5.41) is 5.91. The number of ether oxygens (including phenoxy) is 1. The summed E-state index contributed by atoms with van der Waals surface area (Å²) in [6.45, 7) is 4.41. The molecule has 0 aliphatic heterocycles. The lowest BCUT2D eigenvalue weighted by molar-refractivity contribution is -0.123. The van der Waals surface area contributed by atoms with Crippen molar-refractivity contribution in [2.45, 2.75) is 13.8 Å². The highest BCUT2D eigenvalue weighted by Crippen LogP contribution is 2.18. The zero-order valence-corrected chi connectivity index (χ0v) is 10.5. The van der Waals surface area contributed by atoms with Crippen LogP contribution >= 0.6 is 0 Å². The van der Waals surface area contributed by atoms with E-state index >= 15 is 0 Å². The Morgan fingerprint density at radius 1 is 1.50 bits per heavy atom. The third-order valence-corrected chi connectivity index (χ3v) is 2.30. The van der Waals surface area contributed by atoms with Crippen LogP contribution in [0.1, 0.15) is 11.1 Å². The maximum atomic E-state index is 11.4. The molecule has 1 rings (SSSR count). The number of rotatable bonds is 6. The van der Waals surface area contributed by atoms with Gasteiger partial charge in [0.25, 0.3) is 5.91 Å². The Bertz CT molecular complexity index is 467. The predicted octanol–water partition coefficient (Wildman–Crippen LogP) is 2.11. The Morgan fingerprint density at radius 2 is 2.28 bits per heavy atom. The van der Waals surface area contributed by atoms with E-state index < -0.39 is 0 Å². The van der Waals surface area contributed by atoms with Gasteiger partial charge in [0.1, 0.15) is 5.75 Å². The molecule has 6 nitrogen and oxygen atoms in total. The Kier molecular flexibility index (Phi) is 5.54. The number of benzene rings is 1. The van der Waals surface area contributed by atoms with Crippen LogP contribution in [-0.2, 0) is 4.79 Å². The molecule has 0 aliphatic rings. The quantitative estimate of drug-likeness (QED) is 0.361. The molecule has 0 heterocycles. The number of hydrogen-bond donors (Lipinski definition) is 1. The van der Waals surface area contributed by atoms with E-state index in [2.05, 4.69) is 15.3 Å². The molecule has 6 heteroatoms. The van der Waals surface area contributed by atoms with Gasteiger partial charge in [0, 0.05) is 18.0 Å². The highest BCUT2D eigenvalue weighted by Gasteiger charge is 2.04. The lowest BCUT2D eigenvalue weighted by Gasteiger charge is -2.09. The maximum Gasteiger partial charge on any atom is 0.257 e. The number of hydrogen-bond acceptors (Lipinski definition) is 3. The van der Waals surface area contributed by atoms with Crippen LogP contribution in [0.2, 0.25) is 0 Å². The molecule has 1 N–H and O–H groups in total. The van der Waals surface area contributed by atoms with Gasteiger partial charge in [0.15, 0.2) is 6.61 Å². The number of carbonyl (C=O) groups excluding carboxylic acids is 1. The van der Waals surface area contributed by atoms with Gasteiger partial charge in [-0.2, -0.15) is 0 Å². The highest BCUT2D eigenvalue weighted by molar-refractivity contribution is 5.77. The number of amides is 1. The minimum absolute atomic E-state index is 0.0411. The van der Waals surface area contributed by atoms with Crippen LogP contribution in [-0.4, -0.2) is 25.6 Å². The maximum absolute atomic E-state index is 11.4. The Hall–Kier alpha value is -2.20. The van der Waals surface area contributed by atoms with E-state index in [0.29, 0.717) is 12.3 Å². The van der Waals surface area contributed by atoms with Gasteiger partial charge in [-0.25, -0.2) is 0 Å². The summed E-state index contributed by atoms with van der Waals surface area (Å²) in [7, 11) is 0. The second-order valence-corrected chi connectivity index (χ2v) is 3.86. The molecule has 0 saturated carbocycles. The van der Waals surface area contributed by atoms with Crippen molar-refractivity contribution >= 4 is 5.91 Å². The molecular formula is C12H16N4O2. The minimum Gasteiger partial charge on any atom is -0.483 e. The normalized spacial score (nSPS) is 9.44. The Morgan fingerprint density at radius 3 is 3.00 bits per heavy atom. The van der Waals surface area contributed by atoms with Gasteiger partial charge in [0.2, 0.25) is 0 Å². The molecule has 1 amide bonds. The number of carbonyl (C=O) groups is 1. The number of aryl methyl sites for hydroxylation is 2. The van der Waals surface area contributed by atoms with Crippen molar-refractivity contribution < 1.29 is 9.53 Å². The molecule has 0 aromatic heterocycles. The number of nitrogens with zero attached hydrogens (tertiary/aromatic N) is 3. The molecule has 1 aromatic rings. The van der Waals surface area contributed by atoms with Crippen LogP contribution in [0.25, 0.3) is 10.4 Å². The molecule has 18 heavy (non-hydrogen) atoms. The smallest absolute Gasteiger partial charge is 0.257 e. The third-order valence-electron chi connectivity index (χ3n) is 2.30. The first kappa shape index (κ1) is 13.9. The summed E-state index contributed by atoms with van der Waals surface area (Å²) in [5.74, 6) is 0.476. The first-order valence-electron chi connectivity index (χ1n) is 5.61. The summed E-state index contributed by atoms with van der Waals surface area (Å²) in [6, 6.07) is 5.83. The van der Waals surface area contributed by atoms with Crippen LogP contribution < -0.4 is 10.1 Å². The van der Waals surface area contributed by atoms with E-state index in [-0.39, 0.29) is 19.1 Å². The van der Waals surface area contributed by atoms with Gasteiger partial charge in [0.05, 0.1) is 0 Å². The van der Waals surface area contributed by atoms with Crippen molar-refractivity contribution in [2.24, 2.45) is 5.11 Å². The zero-order valence-electron chi connectivity index (χ0n) is 10.5. The van der Waals surface area contributed by atoms with E-state index in [1.54, 1.807) is 0 Å². The fraction of sp³-hybridized carbons (Fsp3) is 0.417.